The molecule has 1 aliphatic carbocycles. The summed E-state index contributed by atoms with van der Waals surface area (Å²) in [6.45, 7) is 0. The smallest absolute Gasteiger partial charge is 0.119 e. The molecule has 2 atom stereocenters. The highest BCUT2D eigenvalue weighted by Crippen LogP contribution is 2.46. The molecule has 0 spiro atoms. The van der Waals surface area contributed by atoms with Crippen LogP contribution in [-0.2, 0) is 11.2 Å². The Labute approximate surface area is 83.8 Å². The average molecular weight is 190 g/mol. The minimum atomic E-state index is 0.387. The van der Waals surface area contributed by atoms with Crippen molar-refractivity contribution in [1.29, 1.82) is 0 Å². The van der Waals surface area contributed by atoms with Crippen molar-refractivity contribution in [3.63, 3.8) is 0 Å². The average Bonchev–Trinajstić information content (AvgIpc) is 2.96. The molecule has 1 fully saturated rings. The number of hydrogen-bond acceptors (Lipinski definition) is 2. The van der Waals surface area contributed by atoms with E-state index in [4.69, 9.17) is 9.47 Å². The van der Waals surface area contributed by atoms with Gasteiger partial charge in [-0.2, -0.15) is 0 Å². The Bertz CT molecular complexity index is 359. The molecule has 74 valence electrons. The second-order valence-electron chi connectivity index (χ2n) is 4.05. The molecule has 2 aliphatic rings. The molecule has 0 aromatic heterocycles. The molecule has 2 unspecified atom stereocenters. The first-order valence-electron chi connectivity index (χ1n) is 5.21. The molecule has 0 amide bonds. The summed E-state index contributed by atoms with van der Waals surface area (Å²) < 4.78 is 10.8. The molecule has 2 nitrogen and oxygen atoms in total. The van der Waals surface area contributed by atoms with Crippen LogP contribution in [-0.4, -0.2) is 13.2 Å². The number of methoxy groups -OCH3 is 1. The van der Waals surface area contributed by atoms with Crippen molar-refractivity contribution in [2.24, 2.45) is 0 Å². The molecular formula is C12H14O2. The maximum atomic E-state index is 5.62. The third kappa shape index (κ3) is 1.22. The van der Waals surface area contributed by atoms with Crippen LogP contribution in [0.4, 0.5) is 0 Å². The highest BCUT2D eigenvalue weighted by Gasteiger charge is 2.42. The molecule has 1 saturated heterocycles. The van der Waals surface area contributed by atoms with Crippen LogP contribution in [0.25, 0.3) is 0 Å². The number of ether oxygens (including phenoxy) is 2. The van der Waals surface area contributed by atoms with Gasteiger partial charge in [-0.1, -0.05) is 6.07 Å². The van der Waals surface area contributed by atoms with Gasteiger partial charge in [0.1, 0.15) is 11.9 Å². The number of fused-ring (bicyclic) bond motifs is 3. The fourth-order valence-corrected chi connectivity index (χ4v) is 2.33. The predicted octanol–water partition coefficient (Wildman–Crippen LogP) is 2.47. The van der Waals surface area contributed by atoms with Gasteiger partial charge in [0.25, 0.3) is 0 Å². The van der Waals surface area contributed by atoms with Gasteiger partial charge in [-0.05, 0) is 42.5 Å². The number of hydrogen-bond donors (Lipinski definition) is 0. The Morgan fingerprint density at radius 1 is 1.43 bits per heavy atom. The van der Waals surface area contributed by atoms with Crippen LogP contribution < -0.4 is 4.74 Å². The first-order valence-corrected chi connectivity index (χ1v) is 5.21. The molecule has 1 aliphatic heterocycles. The monoisotopic (exact) mass is 190 g/mol. The van der Waals surface area contributed by atoms with Gasteiger partial charge in [0.15, 0.2) is 0 Å². The van der Waals surface area contributed by atoms with Crippen molar-refractivity contribution < 1.29 is 9.47 Å². The largest absolute Gasteiger partial charge is 0.497 e. The van der Waals surface area contributed by atoms with Crippen molar-refractivity contribution in [3.8, 4) is 5.75 Å². The molecule has 3 rings (SSSR count). The minimum Gasteiger partial charge on any atom is -0.497 e. The van der Waals surface area contributed by atoms with Gasteiger partial charge >= 0.3 is 0 Å². The summed E-state index contributed by atoms with van der Waals surface area (Å²) in [5, 5.41) is 0. The van der Waals surface area contributed by atoms with Gasteiger partial charge in [0, 0.05) is 0 Å². The van der Waals surface area contributed by atoms with E-state index in [0.717, 1.165) is 5.75 Å². The van der Waals surface area contributed by atoms with Crippen molar-refractivity contribution in [1.82, 2.24) is 0 Å². The van der Waals surface area contributed by atoms with Crippen LogP contribution in [0, 0.1) is 0 Å². The lowest BCUT2D eigenvalue weighted by Crippen LogP contribution is -1.93. The van der Waals surface area contributed by atoms with Crippen LogP contribution in [0.5, 0.6) is 5.75 Å². The summed E-state index contributed by atoms with van der Waals surface area (Å²) >= 11 is 0. The van der Waals surface area contributed by atoms with E-state index in [1.54, 1.807) is 7.11 Å². The number of epoxide rings is 1. The molecule has 2 heteroatoms. The molecule has 1 aromatic carbocycles. The van der Waals surface area contributed by atoms with Gasteiger partial charge in [-0.3, -0.25) is 0 Å². The highest BCUT2D eigenvalue weighted by atomic mass is 16.6. The number of rotatable bonds is 1. The molecule has 1 aromatic rings. The van der Waals surface area contributed by atoms with Crippen molar-refractivity contribution in [3.05, 3.63) is 29.3 Å². The van der Waals surface area contributed by atoms with Gasteiger partial charge in [0.05, 0.1) is 13.2 Å². The zero-order valence-corrected chi connectivity index (χ0v) is 8.32. The van der Waals surface area contributed by atoms with E-state index >= 15 is 0 Å². The third-order valence-electron chi connectivity index (χ3n) is 3.17. The molecule has 0 saturated carbocycles. The Balaban J connectivity index is 2.02. The number of aryl methyl sites for hydroxylation is 1. The normalized spacial score (nSPS) is 28.6. The zero-order chi connectivity index (χ0) is 9.54. The van der Waals surface area contributed by atoms with Crippen LogP contribution in [0.15, 0.2) is 18.2 Å². The van der Waals surface area contributed by atoms with E-state index in [1.807, 2.05) is 6.07 Å². The van der Waals surface area contributed by atoms with E-state index in [2.05, 4.69) is 12.1 Å². The SMILES string of the molecule is COc1ccc2c(c1)CCCC1OC21. The lowest BCUT2D eigenvalue weighted by molar-refractivity contribution is 0.357. The summed E-state index contributed by atoms with van der Waals surface area (Å²) in [5.74, 6) is 0.961. The first kappa shape index (κ1) is 8.30. The Morgan fingerprint density at radius 3 is 3.21 bits per heavy atom. The van der Waals surface area contributed by atoms with Crippen LogP contribution in [0.1, 0.15) is 30.1 Å². The lowest BCUT2D eigenvalue weighted by atomic mass is 10.0. The van der Waals surface area contributed by atoms with Crippen LogP contribution >= 0.6 is 0 Å². The summed E-state index contributed by atoms with van der Waals surface area (Å²) in [4.78, 5) is 0. The first-order chi connectivity index (χ1) is 6.88. The van der Waals surface area contributed by atoms with Gasteiger partial charge in [-0.15, -0.1) is 0 Å². The van der Waals surface area contributed by atoms with Crippen molar-refractivity contribution in [2.45, 2.75) is 31.5 Å². The van der Waals surface area contributed by atoms with E-state index in [1.165, 1.54) is 30.4 Å². The molecule has 0 N–H and O–H groups in total. The Kier molecular flexibility index (Phi) is 1.77. The highest BCUT2D eigenvalue weighted by molar-refractivity contribution is 5.39. The molecule has 0 radical (unpaired) electrons. The molecule has 14 heavy (non-hydrogen) atoms. The van der Waals surface area contributed by atoms with E-state index in [9.17, 15) is 0 Å². The van der Waals surface area contributed by atoms with Gasteiger partial charge in [-0.25, -0.2) is 0 Å². The second kappa shape index (κ2) is 2.99. The molecule has 1 heterocycles. The quantitative estimate of drug-likeness (QED) is 0.634. The third-order valence-corrected chi connectivity index (χ3v) is 3.17. The fraction of sp³-hybridized carbons (Fsp3) is 0.500. The zero-order valence-electron chi connectivity index (χ0n) is 8.32. The lowest BCUT2D eigenvalue weighted by Gasteiger charge is -2.07. The summed E-state index contributed by atoms with van der Waals surface area (Å²) in [6, 6.07) is 6.34. The topological polar surface area (TPSA) is 21.8 Å². The summed E-state index contributed by atoms with van der Waals surface area (Å²) in [5.41, 5.74) is 2.79. The van der Waals surface area contributed by atoms with Crippen LogP contribution in [0.2, 0.25) is 0 Å². The van der Waals surface area contributed by atoms with E-state index in [-0.39, 0.29) is 0 Å². The Hall–Kier alpha value is -1.02. The van der Waals surface area contributed by atoms with Crippen LogP contribution in [0.3, 0.4) is 0 Å². The summed E-state index contributed by atoms with van der Waals surface area (Å²) in [6.07, 6.45) is 4.51. The maximum Gasteiger partial charge on any atom is 0.119 e. The standard InChI is InChI=1S/C12H14O2/c1-13-9-5-6-10-8(7-9)3-2-4-11-12(10)14-11/h5-7,11-12H,2-4H2,1H3. The summed E-state index contributed by atoms with van der Waals surface area (Å²) in [7, 11) is 1.72. The maximum absolute atomic E-state index is 5.62. The molecule has 0 bridgehead atoms. The van der Waals surface area contributed by atoms with Crippen molar-refractivity contribution >= 4 is 0 Å². The predicted molar refractivity (Wildman–Crippen MR) is 53.5 cm³/mol. The molecular weight excluding hydrogens is 176 g/mol. The van der Waals surface area contributed by atoms with E-state index < -0.39 is 0 Å². The fourth-order valence-electron chi connectivity index (χ4n) is 2.33. The minimum absolute atomic E-state index is 0.387. The van der Waals surface area contributed by atoms with Gasteiger partial charge < -0.3 is 9.47 Å². The van der Waals surface area contributed by atoms with Crippen molar-refractivity contribution in [2.75, 3.05) is 7.11 Å². The second-order valence-corrected chi connectivity index (χ2v) is 4.05. The van der Waals surface area contributed by atoms with Gasteiger partial charge in [0.2, 0.25) is 0 Å². The number of benzene rings is 1. The van der Waals surface area contributed by atoms with E-state index in [0.29, 0.717) is 12.2 Å². The Morgan fingerprint density at radius 2 is 2.36 bits per heavy atom.